The van der Waals surface area contributed by atoms with Gasteiger partial charge in [-0.3, -0.25) is 9.79 Å². The van der Waals surface area contributed by atoms with Crippen molar-refractivity contribution in [1.82, 2.24) is 10.6 Å². The van der Waals surface area contributed by atoms with Crippen LogP contribution in [0.3, 0.4) is 0 Å². The molecule has 1 heterocycles. The average molecular weight is 496 g/mol. The van der Waals surface area contributed by atoms with E-state index in [1.54, 1.807) is 7.05 Å². The first-order valence-corrected chi connectivity index (χ1v) is 9.76. The Labute approximate surface area is 181 Å². The van der Waals surface area contributed by atoms with Crippen molar-refractivity contribution in [1.29, 1.82) is 0 Å². The monoisotopic (exact) mass is 496 g/mol. The Morgan fingerprint density at radius 2 is 1.89 bits per heavy atom. The smallest absolute Gasteiger partial charge is 0.225 e. The van der Waals surface area contributed by atoms with Crippen molar-refractivity contribution in [3.8, 4) is 0 Å². The average Bonchev–Trinajstić information content (AvgIpc) is 2.68. The maximum atomic E-state index is 11.9. The third-order valence-corrected chi connectivity index (χ3v) is 5.27. The molecule has 1 unspecified atom stereocenters. The zero-order chi connectivity index (χ0) is 18.2. The fraction of sp³-hybridized carbons (Fsp3) is 0.300. The summed E-state index contributed by atoms with van der Waals surface area (Å²) in [6.45, 7) is 1.50. The maximum absolute atomic E-state index is 11.9. The first kappa shape index (κ1) is 21.6. The number of aliphatic imine (C=N–C) groups is 1. The molecule has 1 amide bonds. The van der Waals surface area contributed by atoms with Crippen molar-refractivity contribution in [2.45, 2.75) is 17.2 Å². The van der Waals surface area contributed by atoms with E-state index in [2.05, 4.69) is 51.3 Å². The fourth-order valence-electron chi connectivity index (χ4n) is 2.98. The third kappa shape index (κ3) is 6.42. The SMILES string of the molecule is CN=C(NCCSc1ccccc1)NCC1CC(=O)Nc2ccccc21.I. The van der Waals surface area contributed by atoms with Gasteiger partial charge in [0.15, 0.2) is 5.96 Å². The highest BCUT2D eigenvalue weighted by atomic mass is 127. The van der Waals surface area contributed by atoms with Crippen molar-refractivity contribution >= 4 is 53.3 Å². The molecule has 0 saturated carbocycles. The number of amides is 1. The number of carbonyl (C=O) groups excluding carboxylic acids is 1. The van der Waals surface area contributed by atoms with Crippen LogP contribution in [0.15, 0.2) is 64.5 Å². The number of hydrogen-bond donors (Lipinski definition) is 3. The van der Waals surface area contributed by atoms with Crippen LogP contribution in [0.5, 0.6) is 0 Å². The summed E-state index contributed by atoms with van der Waals surface area (Å²) in [4.78, 5) is 17.5. The lowest BCUT2D eigenvalue weighted by Gasteiger charge is -2.26. The number of fused-ring (bicyclic) bond motifs is 1. The molecule has 3 rings (SSSR count). The molecule has 2 aromatic carbocycles. The minimum Gasteiger partial charge on any atom is -0.356 e. The molecule has 1 atom stereocenters. The van der Waals surface area contributed by atoms with E-state index in [0.29, 0.717) is 13.0 Å². The lowest BCUT2D eigenvalue weighted by molar-refractivity contribution is -0.116. The second-order valence-corrected chi connectivity index (χ2v) is 7.25. The van der Waals surface area contributed by atoms with Crippen LogP contribution in [0.2, 0.25) is 0 Å². The van der Waals surface area contributed by atoms with Crippen LogP contribution in [0.1, 0.15) is 17.9 Å². The van der Waals surface area contributed by atoms with Gasteiger partial charge in [0.2, 0.25) is 5.91 Å². The molecule has 1 aliphatic heterocycles. The summed E-state index contributed by atoms with van der Waals surface area (Å²) in [6, 6.07) is 18.3. The van der Waals surface area contributed by atoms with E-state index in [9.17, 15) is 4.79 Å². The van der Waals surface area contributed by atoms with Crippen LogP contribution in [-0.4, -0.2) is 37.8 Å². The highest BCUT2D eigenvalue weighted by Gasteiger charge is 2.24. The molecular formula is C20H25IN4OS. The largest absolute Gasteiger partial charge is 0.356 e. The maximum Gasteiger partial charge on any atom is 0.225 e. The number of carbonyl (C=O) groups is 1. The van der Waals surface area contributed by atoms with Gasteiger partial charge in [0.1, 0.15) is 0 Å². The molecule has 0 bridgehead atoms. The van der Waals surface area contributed by atoms with E-state index in [-0.39, 0.29) is 35.8 Å². The Balaban J connectivity index is 0.00000261. The minimum atomic E-state index is 0. The van der Waals surface area contributed by atoms with E-state index in [0.717, 1.165) is 23.9 Å². The van der Waals surface area contributed by atoms with Crippen LogP contribution < -0.4 is 16.0 Å². The van der Waals surface area contributed by atoms with Crippen LogP contribution in [0.25, 0.3) is 0 Å². The zero-order valence-corrected chi connectivity index (χ0v) is 18.4. The Kier molecular flexibility index (Phi) is 8.93. The molecule has 0 aromatic heterocycles. The number of nitrogens with one attached hydrogen (secondary N) is 3. The summed E-state index contributed by atoms with van der Waals surface area (Å²) in [5.74, 6) is 1.94. The first-order valence-electron chi connectivity index (χ1n) is 8.77. The van der Waals surface area contributed by atoms with E-state index < -0.39 is 0 Å². The van der Waals surface area contributed by atoms with Gasteiger partial charge in [0.05, 0.1) is 0 Å². The summed E-state index contributed by atoms with van der Waals surface area (Å²) in [5.41, 5.74) is 2.09. The summed E-state index contributed by atoms with van der Waals surface area (Å²) >= 11 is 1.81. The number of anilines is 1. The number of thioether (sulfide) groups is 1. The van der Waals surface area contributed by atoms with Gasteiger partial charge in [-0.25, -0.2) is 0 Å². The highest BCUT2D eigenvalue weighted by molar-refractivity contribution is 14.0. The number of guanidine groups is 1. The summed E-state index contributed by atoms with van der Waals surface area (Å²) in [5, 5.41) is 9.61. The highest BCUT2D eigenvalue weighted by Crippen LogP contribution is 2.31. The van der Waals surface area contributed by atoms with Crippen LogP contribution in [0.4, 0.5) is 5.69 Å². The predicted octanol–water partition coefficient (Wildman–Crippen LogP) is 3.69. The van der Waals surface area contributed by atoms with Crippen molar-refractivity contribution in [2.75, 3.05) is 31.2 Å². The Morgan fingerprint density at radius 1 is 1.15 bits per heavy atom. The Bertz CT molecular complexity index is 770. The molecule has 0 spiro atoms. The standard InChI is InChI=1S/C20H24N4OS.HI/c1-21-20(22-11-12-26-16-7-3-2-4-8-16)23-14-15-13-19(25)24-18-10-6-5-9-17(15)18;/h2-10,15H,11-14H2,1H3,(H,24,25)(H2,21,22,23);1H. The topological polar surface area (TPSA) is 65.5 Å². The quantitative estimate of drug-likeness (QED) is 0.188. The number of halogens is 1. The molecule has 2 aromatic rings. The summed E-state index contributed by atoms with van der Waals surface area (Å²) in [7, 11) is 1.77. The molecule has 1 aliphatic rings. The number of benzene rings is 2. The van der Waals surface area contributed by atoms with Crippen LogP contribution in [-0.2, 0) is 4.79 Å². The molecular weight excluding hydrogens is 471 g/mol. The Morgan fingerprint density at radius 3 is 2.67 bits per heavy atom. The van der Waals surface area contributed by atoms with Gasteiger partial charge in [-0.1, -0.05) is 36.4 Å². The van der Waals surface area contributed by atoms with E-state index in [1.165, 1.54) is 10.5 Å². The van der Waals surface area contributed by atoms with Gasteiger partial charge in [0.25, 0.3) is 0 Å². The number of hydrogen-bond acceptors (Lipinski definition) is 3. The molecule has 27 heavy (non-hydrogen) atoms. The fourth-order valence-corrected chi connectivity index (χ4v) is 3.77. The predicted molar refractivity (Wildman–Crippen MR) is 124 cm³/mol. The molecule has 0 radical (unpaired) electrons. The Hall–Kier alpha value is -1.74. The molecule has 144 valence electrons. The molecule has 0 saturated heterocycles. The summed E-state index contributed by atoms with van der Waals surface area (Å²) < 4.78 is 0. The van der Waals surface area contributed by atoms with Gasteiger partial charge >= 0.3 is 0 Å². The van der Waals surface area contributed by atoms with Crippen LogP contribution >= 0.6 is 35.7 Å². The van der Waals surface area contributed by atoms with E-state index in [4.69, 9.17) is 0 Å². The zero-order valence-electron chi connectivity index (χ0n) is 15.3. The van der Waals surface area contributed by atoms with Crippen molar-refractivity contribution < 1.29 is 4.79 Å². The second-order valence-electron chi connectivity index (χ2n) is 6.08. The van der Waals surface area contributed by atoms with Gasteiger partial charge in [0, 0.05) is 48.8 Å². The van der Waals surface area contributed by atoms with Gasteiger partial charge in [-0.15, -0.1) is 35.7 Å². The number of para-hydroxylation sites is 1. The number of nitrogens with zero attached hydrogens (tertiary/aromatic N) is 1. The van der Waals surface area contributed by atoms with Crippen molar-refractivity contribution in [2.24, 2.45) is 4.99 Å². The molecule has 0 fully saturated rings. The normalized spacial score (nSPS) is 16.0. The van der Waals surface area contributed by atoms with E-state index in [1.807, 2.05) is 36.0 Å². The second kappa shape index (κ2) is 11.2. The first-order chi connectivity index (χ1) is 12.8. The van der Waals surface area contributed by atoms with Gasteiger partial charge < -0.3 is 16.0 Å². The van der Waals surface area contributed by atoms with Crippen LogP contribution in [0, 0.1) is 0 Å². The minimum absolute atomic E-state index is 0. The molecule has 3 N–H and O–H groups in total. The van der Waals surface area contributed by atoms with Crippen molar-refractivity contribution in [3.63, 3.8) is 0 Å². The molecule has 7 heteroatoms. The van der Waals surface area contributed by atoms with Crippen molar-refractivity contribution in [3.05, 3.63) is 60.2 Å². The lowest BCUT2D eigenvalue weighted by Crippen LogP contribution is -2.41. The van der Waals surface area contributed by atoms with Gasteiger partial charge in [-0.05, 0) is 23.8 Å². The third-order valence-electron chi connectivity index (χ3n) is 4.25. The van der Waals surface area contributed by atoms with E-state index >= 15 is 0 Å². The molecule has 5 nitrogen and oxygen atoms in total. The molecule has 0 aliphatic carbocycles. The lowest BCUT2D eigenvalue weighted by atomic mass is 9.90. The summed E-state index contributed by atoms with van der Waals surface area (Å²) in [6.07, 6.45) is 0.491. The van der Waals surface area contributed by atoms with Gasteiger partial charge in [-0.2, -0.15) is 0 Å². The number of rotatable bonds is 6.